The van der Waals surface area contributed by atoms with E-state index in [2.05, 4.69) is 5.32 Å². The van der Waals surface area contributed by atoms with Crippen LogP contribution in [-0.2, 0) is 9.53 Å². The van der Waals surface area contributed by atoms with Crippen molar-refractivity contribution in [1.82, 2.24) is 5.32 Å². The van der Waals surface area contributed by atoms with E-state index in [1.54, 1.807) is 0 Å². The number of hydrogen-bond acceptors (Lipinski definition) is 3. The van der Waals surface area contributed by atoms with Gasteiger partial charge >= 0.3 is 5.97 Å². The lowest BCUT2D eigenvalue weighted by Crippen LogP contribution is -2.40. The quantitative estimate of drug-likeness (QED) is 0.703. The number of nitrogens with one attached hydrogen (secondary N) is 1. The van der Waals surface area contributed by atoms with Crippen LogP contribution >= 0.6 is 0 Å². The van der Waals surface area contributed by atoms with Crippen LogP contribution in [-0.4, -0.2) is 36.4 Å². The van der Waals surface area contributed by atoms with Gasteiger partial charge in [0.1, 0.15) is 6.61 Å². The SMILES string of the molecule is CC(COCC(=O)O)NC1CCCCC1. The first kappa shape index (κ1) is 12.5. The van der Waals surface area contributed by atoms with Gasteiger partial charge in [-0.15, -0.1) is 0 Å². The lowest BCUT2D eigenvalue weighted by molar-refractivity contribution is -0.142. The van der Waals surface area contributed by atoms with Crippen molar-refractivity contribution in [2.45, 2.75) is 51.1 Å². The van der Waals surface area contributed by atoms with Gasteiger partial charge in [-0.1, -0.05) is 19.3 Å². The van der Waals surface area contributed by atoms with Gasteiger partial charge in [-0.05, 0) is 19.8 Å². The summed E-state index contributed by atoms with van der Waals surface area (Å²) < 4.78 is 5.04. The van der Waals surface area contributed by atoms with E-state index in [1.165, 1.54) is 32.1 Å². The highest BCUT2D eigenvalue weighted by molar-refractivity contribution is 5.67. The summed E-state index contributed by atoms with van der Waals surface area (Å²) in [5.74, 6) is -0.903. The fourth-order valence-corrected chi connectivity index (χ4v) is 2.04. The van der Waals surface area contributed by atoms with Crippen LogP contribution in [0.15, 0.2) is 0 Å². The number of carboxylic acids is 1. The van der Waals surface area contributed by atoms with E-state index in [-0.39, 0.29) is 12.6 Å². The molecule has 0 aromatic rings. The summed E-state index contributed by atoms with van der Waals surface area (Å²) in [7, 11) is 0. The van der Waals surface area contributed by atoms with Crippen molar-refractivity contribution >= 4 is 5.97 Å². The summed E-state index contributed by atoms with van der Waals surface area (Å²) in [6, 6.07) is 0.842. The first-order valence-electron chi connectivity index (χ1n) is 5.74. The molecule has 0 aromatic carbocycles. The Labute approximate surface area is 91.0 Å². The van der Waals surface area contributed by atoms with Crippen molar-refractivity contribution in [3.8, 4) is 0 Å². The molecule has 1 rings (SSSR count). The fourth-order valence-electron chi connectivity index (χ4n) is 2.04. The lowest BCUT2D eigenvalue weighted by Gasteiger charge is -2.26. The second-order valence-corrected chi connectivity index (χ2v) is 4.31. The Balaban J connectivity index is 2.06. The predicted molar refractivity (Wildman–Crippen MR) is 57.9 cm³/mol. The molecule has 15 heavy (non-hydrogen) atoms. The average Bonchev–Trinajstić information content (AvgIpc) is 2.18. The highest BCUT2D eigenvalue weighted by atomic mass is 16.5. The molecule has 1 saturated carbocycles. The van der Waals surface area contributed by atoms with Crippen LogP contribution in [0.1, 0.15) is 39.0 Å². The van der Waals surface area contributed by atoms with Gasteiger partial charge in [-0.2, -0.15) is 0 Å². The van der Waals surface area contributed by atoms with Crippen molar-refractivity contribution in [1.29, 1.82) is 0 Å². The molecule has 1 fully saturated rings. The van der Waals surface area contributed by atoms with Crippen LogP contribution < -0.4 is 5.32 Å². The lowest BCUT2D eigenvalue weighted by atomic mass is 9.95. The molecule has 0 heterocycles. The Morgan fingerprint density at radius 2 is 2.13 bits per heavy atom. The van der Waals surface area contributed by atoms with Crippen molar-refractivity contribution in [2.24, 2.45) is 0 Å². The van der Waals surface area contributed by atoms with Crippen LogP contribution in [0, 0.1) is 0 Å². The summed E-state index contributed by atoms with van der Waals surface area (Å²) >= 11 is 0. The number of aliphatic carboxylic acids is 1. The minimum Gasteiger partial charge on any atom is -0.480 e. The van der Waals surface area contributed by atoms with Gasteiger partial charge in [0.05, 0.1) is 6.61 Å². The molecule has 1 unspecified atom stereocenters. The monoisotopic (exact) mass is 215 g/mol. The van der Waals surface area contributed by atoms with Crippen LogP contribution in [0.3, 0.4) is 0 Å². The van der Waals surface area contributed by atoms with Crippen LogP contribution in [0.25, 0.3) is 0 Å². The smallest absolute Gasteiger partial charge is 0.329 e. The molecule has 1 atom stereocenters. The van der Waals surface area contributed by atoms with Crippen molar-refractivity contribution < 1.29 is 14.6 Å². The first-order chi connectivity index (χ1) is 7.18. The number of carbonyl (C=O) groups is 1. The molecule has 0 amide bonds. The molecular formula is C11H21NO3. The summed E-state index contributed by atoms with van der Waals surface area (Å²) in [4.78, 5) is 10.2. The molecule has 88 valence electrons. The highest BCUT2D eigenvalue weighted by Crippen LogP contribution is 2.17. The maximum atomic E-state index is 10.2. The zero-order valence-corrected chi connectivity index (χ0v) is 9.37. The fraction of sp³-hybridized carbons (Fsp3) is 0.909. The zero-order chi connectivity index (χ0) is 11.1. The molecular weight excluding hydrogens is 194 g/mol. The summed E-state index contributed by atoms with van der Waals surface area (Å²) in [6.07, 6.45) is 6.44. The Bertz CT molecular complexity index is 190. The number of rotatable bonds is 6. The molecule has 4 nitrogen and oxygen atoms in total. The molecule has 1 aliphatic carbocycles. The molecule has 4 heteroatoms. The third-order valence-corrected chi connectivity index (χ3v) is 2.72. The van der Waals surface area contributed by atoms with E-state index >= 15 is 0 Å². The van der Waals surface area contributed by atoms with E-state index in [4.69, 9.17) is 9.84 Å². The van der Waals surface area contributed by atoms with Gasteiger partial charge in [0, 0.05) is 12.1 Å². The van der Waals surface area contributed by atoms with Crippen molar-refractivity contribution in [2.75, 3.05) is 13.2 Å². The third kappa shape index (κ3) is 5.74. The Morgan fingerprint density at radius 3 is 2.73 bits per heavy atom. The summed E-state index contributed by atoms with van der Waals surface area (Å²) in [5.41, 5.74) is 0. The van der Waals surface area contributed by atoms with Gasteiger partial charge < -0.3 is 15.2 Å². The minimum absolute atomic E-state index is 0.198. The molecule has 0 aromatic heterocycles. The molecule has 1 aliphatic rings. The first-order valence-corrected chi connectivity index (χ1v) is 5.74. The Kier molecular flexibility index (Phi) is 5.65. The maximum Gasteiger partial charge on any atom is 0.329 e. The van der Waals surface area contributed by atoms with E-state index in [0.29, 0.717) is 12.6 Å². The molecule has 0 saturated heterocycles. The highest BCUT2D eigenvalue weighted by Gasteiger charge is 2.15. The normalized spacial score (nSPS) is 20.1. The number of hydrogen-bond donors (Lipinski definition) is 2. The number of ether oxygens (including phenoxy) is 1. The summed E-state index contributed by atoms with van der Waals surface area (Å²) in [6.45, 7) is 2.32. The number of carboxylic acid groups (broad SMARTS) is 1. The van der Waals surface area contributed by atoms with Gasteiger partial charge in [-0.3, -0.25) is 0 Å². The van der Waals surface area contributed by atoms with Crippen LogP contribution in [0.2, 0.25) is 0 Å². The van der Waals surface area contributed by atoms with E-state index < -0.39 is 5.97 Å². The van der Waals surface area contributed by atoms with Gasteiger partial charge in [0.2, 0.25) is 0 Å². The van der Waals surface area contributed by atoms with E-state index in [1.807, 2.05) is 6.92 Å². The van der Waals surface area contributed by atoms with Crippen LogP contribution in [0.4, 0.5) is 0 Å². The van der Waals surface area contributed by atoms with Gasteiger partial charge in [0.15, 0.2) is 0 Å². The molecule has 0 aliphatic heterocycles. The molecule has 0 spiro atoms. The Hall–Kier alpha value is -0.610. The van der Waals surface area contributed by atoms with Gasteiger partial charge in [-0.25, -0.2) is 4.79 Å². The average molecular weight is 215 g/mol. The standard InChI is InChI=1S/C11H21NO3/c1-9(7-15-8-11(13)14)12-10-5-3-2-4-6-10/h9-10,12H,2-8H2,1H3,(H,13,14). The van der Waals surface area contributed by atoms with Gasteiger partial charge in [0.25, 0.3) is 0 Å². The predicted octanol–water partition coefficient (Wildman–Crippen LogP) is 1.40. The topological polar surface area (TPSA) is 58.6 Å². The van der Waals surface area contributed by atoms with E-state index in [9.17, 15) is 4.79 Å². The second kappa shape index (κ2) is 6.80. The second-order valence-electron chi connectivity index (χ2n) is 4.31. The molecule has 2 N–H and O–H groups in total. The van der Waals surface area contributed by atoms with E-state index in [0.717, 1.165) is 0 Å². The molecule has 0 radical (unpaired) electrons. The van der Waals surface area contributed by atoms with Crippen molar-refractivity contribution in [3.05, 3.63) is 0 Å². The third-order valence-electron chi connectivity index (χ3n) is 2.72. The van der Waals surface area contributed by atoms with Crippen molar-refractivity contribution in [3.63, 3.8) is 0 Å². The molecule has 0 bridgehead atoms. The zero-order valence-electron chi connectivity index (χ0n) is 9.37. The Morgan fingerprint density at radius 1 is 1.47 bits per heavy atom. The minimum atomic E-state index is -0.903. The maximum absolute atomic E-state index is 10.2. The largest absolute Gasteiger partial charge is 0.480 e. The van der Waals surface area contributed by atoms with Crippen LogP contribution in [0.5, 0.6) is 0 Å². The summed E-state index contributed by atoms with van der Waals surface area (Å²) in [5, 5.41) is 11.9.